The minimum absolute atomic E-state index is 0.0307. The molecule has 0 amide bonds. The van der Waals surface area contributed by atoms with Gasteiger partial charge in [0.2, 0.25) is 12.1 Å². The lowest BCUT2D eigenvalue weighted by atomic mass is 9.77. The lowest BCUT2D eigenvalue weighted by molar-refractivity contribution is -0.482. The molecular weight excluding hydrogens is 432 g/mol. The number of aliphatic hydroxyl groups excluding tert-OH is 1. The molecule has 1 aliphatic carbocycles. The maximum Gasteiger partial charge on any atom is 0.249 e. The van der Waals surface area contributed by atoms with Gasteiger partial charge < -0.3 is 50.2 Å². The summed E-state index contributed by atoms with van der Waals surface area (Å²) in [4.78, 5) is 4.09. The van der Waals surface area contributed by atoms with Gasteiger partial charge in [-0.2, -0.15) is 0 Å². The molecule has 11 heteroatoms. The normalized spacial score (nSPS) is 45.3. The molecule has 1 unspecified atom stereocenters. The van der Waals surface area contributed by atoms with E-state index in [1.54, 1.807) is 26.5 Å². The fraction of sp³-hybridized carbons (Fsp3) is 0.773. The number of hydrogen-bond acceptors (Lipinski definition) is 11. The molecule has 11 nitrogen and oxygen atoms in total. The molecule has 3 heterocycles. The van der Waals surface area contributed by atoms with Crippen molar-refractivity contribution in [3.05, 3.63) is 30.1 Å². The predicted molar refractivity (Wildman–Crippen MR) is 117 cm³/mol. The van der Waals surface area contributed by atoms with Crippen molar-refractivity contribution in [1.82, 2.24) is 20.9 Å². The van der Waals surface area contributed by atoms with Gasteiger partial charge in [0.25, 0.3) is 0 Å². The number of aromatic nitrogens is 1. The van der Waals surface area contributed by atoms with Crippen molar-refractivity contribution in [2.75, 3.05) is 27.7 Å². The number of fused-ring (bicyclic) bond motifs is 2. The number of ether oxygens (including phenoxy) is 4. The molecule has 2 aliphatic heterocycles. The minimum Gasteiger partial charge on any atom is -0.390 e. The van der Waals surface area contributed by atoms with Crippen LogP contribution >= 0.6 is 0 Å². The van der Waals surface area contributed by atoms with E-state index in [9.17, 15) is 15.3 Å². The van der Waals surface area contributed by atoms with Crippen LogP contribution in [0.3, 0.4) is 0 Å². The third-order valence-electron chi connectivity index (χ3n) is 7.06. The summed E-state index contributed by atoms with van der Waals surface area (Å²) in [5.74, 6) is -2.16. The van der Waals surface area contributed by atoms with Gasteiger partial charge in [0.1, 0.15) is 23.9 Å². The Balaban J connectivity index is 1.59. The van der Waals surface area contributed by atoms with E-state index in [2.05, 4.69) is 20.9 Å². The summed E-state index contributed by atoms with van der Waals surface area (Å²) in [6.07, 6.45) is -1.00. The Morgan fingerprint density at radius 2 is 1.94 bits per heavy atom. The Hall–Kier alpha value is -1.25. The molecule has 1 saturated carbocycles. The van der Waals surface area contributed by atoms with Gasteiger partial charge in [0.05, 0.1) is 24.3 Å². The van der Waals surface area contributed by atoms with Crippen molar-refractivity contribution >= 4 is 0 Å². The van der Waals surface area contributed by atoms with Crippen LogP contribution in [-0.2, 0) is 25.5 Å². The quantitative estimate of drug-likeness (QED) is 0.266. The van der Waals surface area contributed by atoms with Crippen LogP contribution in [0.4, 0.5) is 0 Å². The van der Waals surface area contributed by atoms with Gasteiger partial charge in [-0.25, -0.2) is 0 Å². The van der Waals surface area contributed by atoms with Crippen molar-refractivity contribution in [2.24, 2.45) is 0 Å². The van der Waals surface area contributed by atoms with Gasteiger partial charge in [-0.15, -0.1) is 0 Å². The molecule has 10 atom stereocenters. The van der Waals surface area contributed by atoms with Crippen LogP contribution in [0.15, 0.2) is 24.5 Å². The number of pyridine rings is 1. The summed E-state index contributed by atoms with van der Waals surface area (Å²) in [5, 5.41) is 43.7. The van der Waals surface area contributed by atoms with Crippen LogP contribution in [0.25, 0.3) is 0 Å². The van der Waals surface area contributed by atoms with Gasteiger partial charge in [-0.05, 0) is 32.6 Å². The third kappa shape index (κ3) is 4.31. The smallest absolute Gasteiger partial charge is 0.249 e. The summed E-state index contributed by atoms with van der Waals surface area (Å²) in [5.41, 5.74) is -0.772. The minimum atomic E-state index is -2.16. The van der Waals surface area contributed by atoms with Gasteiger partial charge in [-0.1, -0.05) is 6.07 Å². The SMILES string of the molecule is CN[C@@H]1[C@H](O)[C@H](NC)[C@H]2O[C@]3(O)[C@H](OC2[C@H]1OC)O[C@H](C)C[C@@]3(O)CNCc1cccnc1. The second-order valence-corrected chi connectivity index (χ2v) is 9.18. The lowest BCUT2D eigenvalue weighted by Gasteiger charge is -2.60. The van der Waals surface area contributed by atoms with Gasteiger partial charge in [0.15, 0.2) is 0 Å². The van der Waals surface area contributed by atoms with E-state index in [0.717, 1.165) is 5.56 Å². The molecular formula is C22H36N4O7. The van der Waals surface area contributed by atoms with Crippen molar-refractivity contribution in [3.63, 3.8) is 0 Å². The zero-order valence-electron chi connectivity index (χ0n) is 19.5. The monoisotopic (exact) mass is 468 g/mol. The molecule has 1 aromatic heterocycles. The molecule has 0 bridgehead atoms. The summed E-state index contributed by atoms with van der Waals surface area (Å²) in [6.45, 7) is 2.29. The highest BCUT2D eigenvalue weighted by atomic mass is 16.8. The Kier molecular flexibility index (Phi) is 7.37. The maximum absolute atomic E-state index is 11.7. The first kappa shape index (κ1) is 24.9. The van der Waals surface area contributed by atoms with Crippen molar-refractivity contribution in [3.8, 4) is 0 Å². The summed E-state index contributed by atoms with van der Waals surface area (Å²) >= 11 is 0. The van der Waals surface area contributed by atoms with Crippen LogP contribution < -0.4 is 16.0 Å². The molecule has 3 fully saturated rings. The molecule has 1 aromatic rings. The standard InChI is InChI=1S/C22H36N4O7/c1-12-8-21(28,11-26-10-13-6-5-7-25-9-13)22(29)20(31-12)32-19-17(30-4)14(23-2)16(27)15(24-3)18(19)33-22/h5-7,9,12,14-20,23-24,26-29H,8,10-11H2,1-4H3/t12-,14-,15+,16+,17+,18-,19?,20+,21-,22-/m1/s1. The van der Waals surface area contributed by atoms with Crippen LogP contribution in [-0.4, -0.2) is 108 Å². The van der Waals surface area contributed by atoms with Gasteiger partial charge in [-0.3, -0.25) is 4.98 Å². The highest BCUT2D eigenvalue weighted by molar-refractivity contribution is 5.13. The van der Waals surface area contributed by atoms with E-state index in [1.807, 2.05) is 19.1 Å². The number of hydrogen-bond donors (Lipinski definition) is 6. The Labute approximate surface area is 193 Å². The average molecular weight is 469 g/mol. The van der Waals surface area contributed by atoms with Gasteiger partial charge >= 0.3 is 0 Å². The Morgan fingerprint density at radius 1 is 1.18 bits per heavy atom. The Bertz CT molecular complexity index is 791. The van der Waals surface area contributed by atoms with E-state index < -0.39 is 60.3 Å². The lowest BCUT2D eigenvalue weighted by Crippen LogP contribution is -2.81. The molecule has 3 aliphatic rings. The fourth-order valence-corrected chi connectivity index (χ4v) is 5.40. The zero-order chi connectivity index (χ0) is 23.8. The van der Waals surface area contributed by atoms with Crippen LogP contribution in [0.2, 0.25) is 0 Å². The molecule has 0 aromatic carbocycles. The van der Waals surface area contributed by atoms with E-state index in [1.165, 1.54) is 7.11 Å². The Morgan fingerprint density at radius 3 is 2.58 bits per heavy atom. The molecule has 186 valence electrons. The van der Waals surface area contributed by atoms with E-state index in [4.69, 9.17) is 18.9 Å². The zero-order valence-corrected chi connectivity index (χ0v) is 19.5. The van der Waals surface area contributed by atoms with Crippen molar-refractivity contribution < 1.29 is 34.3 Å². The van der Waals surface area contributed by atoms with Crippen molar-refractivity contribution in [1.29, 1.82) is 0 Å². The number of nitrogens with zero attached hydrogens (tertiary/aromatic N) is 1. The fourth-order valence-electron chi connectivity index (χ4n) is 5.40. The number of aliphatic hydroxyl groups is 3. The maximum atomic E-state index is 11.7. The number of likely N-dealkylation sites (N-methyl/N-ethyl adjacent to an activating group) is 2. The molecule has 33 heavy (non-hydrogen) atoms. The summed E-state index contributed by atoms with van der Waals surface area (Å²) < 4.78 is 24.0. The summed E-state index contributed by atoms with van der Waals surface area (Å²) in [6, 6.07) is 2.73. The average Bonchev–Trinajstić information content (AvgIpc) is 2.79. The van der Waals surface area contributed by atoms with Crippen molar-refractivity contribution in [2.45, 2.75) is 80.2 Å². The summed E-state index contributed by atoms with van der Waals surface area (Å²) in [7, 11) is 4.97. The first-order valence-corrected chi connectivity index (χ1v) is 11.4. The van der Waals surface area contributed by atoms with Crippen LogP contribution in [0.1, 0.15) is 18.9 Å². The van der Waals surface area contributed by atoms with E-state index in [0.29, 0.717) is 6.54 Å². The van der Waals surface area contributed by atoms with E-state index >= 15 is 0 Å². The van der Waals surface area contributed by atoms with Gasteiger partial charge in [0, 0.05) is 39.0 Å². The highest BCUT2D eigenvalue weighted by Gasteiger charge is 2.68. The molecule has 2 saturated heterocycles. The molecule has 6 N–H and O–H groups in total. The molecule has 0 radical (unpaired) electrons. The largest absolute Gasteiger partial charge is 0.390 e. The highest BCUT2D eigenvalue weighted by Crippen LogP contribution is 2.46. The second-order valence-electron chi connectivity index (χ2n) is 9.18. The van der Waals surface area contributed by atoms with Crippen LogP contribution in [0.5, 0.6) is 0 Å². The van der Waals surface area contributed by atoms with E-state index in [-0.39, 0.29) is 13.0 Å². The first-order valence-electron chi connectivity index (χ1n) is 11.4. The number of nitrogens with one attached hydrogen (secondary N) is 3. The third-order valence-corrected chi connectivity index (χ3v) is 7.06. The number of methoxy groups -OCH3 is 1. The second kappa shape index (κ2) is 9.78. The van der Waals surface area contributed by atoms with Crippen LogP contribution in [0, 0.1) is 0 Å². The first-order chi connectivity index (χ1) is 15.8. The predicted octanol–water partition coefficient (Wildman–Crippen LogP) is -1.92. The molecule has 0 spiro atoms. The number of rotatable bonds is 7. The topological polar surface area (TPSA) is 147 Å². The molecule has 4 rings (SSSR count).